The molecule has 2 nitrogen and oxygen atoms in total. The molecule has 3 aromatic carbocycles. The standard InChI is InChI=1S/C22H18N2S/c1-3-24-18-10-6-5-9-17(18)23-22(24)16-13-12-14(2)20-15-8-4-7-11-19(15)25-21(16)20/h4-13H,3H2,1-2H3/i2D3. The zero-order valence-corrected chi connectivity index (χ0v) is 14.6. The van der Waals surface area contributed by atoms with Gasteiger partial charge in [-0.05, 0) is 43.6 Å². The zero-order chi connectivity index (χ0) is 19.5. The first-order valence-corrected chi connectivity index (χ1v) is 9.21. The molecule has 0 N–H and O–H groups in total. The van der Waals surface area contributed by atoms with Crippen molar-refractivity contribution < 1.29 is 4.11 Å². The van der Waals surface area contributed by atoms with Gasteiger partial charge >= 0.3 is 0 Å². The van der Waals surface area contributed by atoms with E-state index in [0.29, 0.717) is 5.56 Å². The summed E-state index contributed by atoms with van der Waals surface area (Å²) >= 11 is 1.64. The average Bonchev–Trinajstić information content (AvgIpc) is 3.24. The van der Waals surface area contributed by atoms with Crippen molar-refractivity contribution in [2.75, 3.05) is 0 Å². The number of hydrogen-bond acceptors (Lipinski definition) is 2. The summed E-state index contributed by atoms with van der Waals surface area (Å²) < 4.78 is 28.4. The Kier molecular flexibility index (Phi) is 2.57. The van der Waals surface area contributed by atoms with Gasteiger partial charge in [0.25, 0.3) is 0 Å². The number of para-hydroxylation sites is 2. The highest BCUT2D eigenvalue weighted by Crippen LogP contribution is 2.41. The van der Waals surface area contributed by atoms with E-state index in [2.05, 4.69) is 23.6 Å². The van der Waals surface area contributed by atoms with Crippen LogP contribution < -0.4 is 0 Å². The molecular weight excluding hydrogens is 324 g/mol. The van der Waals surface area contributed by atoms with Gasteiger partial charge in [-0.25, -0.2) is 4.98 Å². The van der Waals surface area contributed by atoms with Gasteiger partial charge in [-0.3, -0.25) is 0 Å². The molecule has 0 unspecified atom stereocenters. The molecule has 0 saturated heterocycles. The van der Waals surface area contributed by atoms with E-state index >= 15 is 0 Å². The van der Waals surface area contributed by atoms with Crippen LogP contribution in [0.5, 0.6) is 0 Å². The second-order valence-electron chi connectivity index (χ2n) is 6.13. The number of fused-ring (bicyclic) bond motifs is 4. The maximum absolute atomic E-state index is 8.03. The molecule has 0 radical (unpaired) electrons. The number of rotatable bonds is 2. The number of nitrogens with zero attached hydrogens (tertiary/aromatic N) is 2. The van der Waals surface area contributed by atoms with Crippen LogP contribution in [0, 0.1) is 6.85 Å². The zero-order valence-electron chi connectivity index (χ0n) is 16.8. The van der Waals surface area contributed by atoms with Crippen molar-refractivity contribution in [1.82, 2.24) is 9.55 Å². The van der Waals surface area contributed by atoms with E-state index in [1.165, 1.54) is 0 Å². The molecule has 5 aromatic rings. The summed E-state index contributed by atoms with van der Waals surface area (Å²) in [4.78, 5) is 4.89. The minimum absolute atomic E-state index is 0.405. The molecule has 5 rings (SSSR count). The van der Waals surface area contributed by atoms with Crippen LogP contribution in [0.25, 0.3) is 42.6 Å². The fourth-order valence-electron chi connectivity index (χ4n) is 3.61. The monoisotopic (exact) mass is 345 g/mol. The summed E-state index contributed by atoms with van der Waals surface area (Å²) in [7, 11) is 0. The minimum Gasteiger partial charge on any atom is -0.324 e. The van der Waals surface area contributed by atoms with E-state index in [-0.39, 0.29) is 0 Å². The normalized spacial score (nSPS) is 14.0. The van der Waals surface area contributed by atoms with Crippen LogP contribution in [0.15, 0.2) is 60.7 Å². The third-order valence-corrected chi connectivity index (χ3v) is 5.94. The third-order valence-electron chi connectivity index (χ3n) is 4.74. The first kappa shape index (κ1) is 11.8. The second kappa shape index (κ2) is 5.43. The minimum atomic E-state index is -2.16. The first-order valence-electron chi connectivity index (χ1n) is 9.89. The summed E-state index contributed by atoms with van der Waals surface area (Å²) in [6.07, 6.45) is 0. The third kappa shape index (κ3) is 2.06. The van der Waals surface area contributed by atoms with Gasteiger partial charge in [0.05, 0.1) is 11.0 Å². The van der Waals surface area contributed by atoms with Crippen LogP contribution >= 0.6 is 11.3 Å². The molecule has 2 aromatic heterocycles. The second-order valence-corrected chi connectivity index (χ2v) is 7.18. The van der Waals surface area contributed by atoms with E-state index in [0.717, 1.165) is 49.1 Å². The van der Waals surface area contributed by atoms with Crippen molar-refractivity contribution in [2.24, 2.45) is 0 Å². The highest BCUT2D eigenvalue weighted by Gasteiger charge is 2.17. The largest absolute Gasteiger partial charge is 0.324 e. The van der Waals surface area contributed by atoms with Gasteiger partial charge in [0.1, 0.15) is 5.82 Å². The number of imidazole rings is 1. The van der Waals surface area contributed by atoms with E-state index in [1.807, 2.05) is 42.5 Å². The summed E-state index contributed by atoms with van der Waals surface area (Å²) in [5, 5.41) is 1.82. The molecule has 0 fully saturated rings. The Bertz CT molecular complexity index is 1340. The van der Waals surface area contributed by atoms with Crippen LogP contribution in [-0.4, -0.2) is 9.55 Å². The van der Waals surface area contributed by atoms with Crippen molar-refractivity contribution in [3.05, 3.63) is 66.2 Å². The number of aromatic nitrogens is 2. The fourth-order valence-corrected chi connectivity index (χ4v) is 4.84. The maximum atomic E-state index is 8.03. The lowest BCUT2D eigenvalue weighted by atomic mass is 10.0. The van der Waals surface area contributed by atoms with E-state index < -0.39 is 6.85 Å². The Morgan fingerprint density at radius 2 is 1.88 bits per heavy atom. The average molecular weight is 345 g/mol. The summed E-state index contributed by atoms with van der Waals surface area (Å²) in [6, 6.07) is 19.8. The first-order chi connectivity index (χ1) is 13.5. The lowest BCUT2D eigenvalue weighted by molar-refractivity contribution is 0.797. The smallest absolute Gasteiger partial charge is 0.142 e. The Balaban J connectivity index is 1.93. The van der Waals surface area contributed by atoms with Gasteiger partial charge < -0.3 is 4.57 Å². The summed E-state index contributed by atoms with van der Waals surface area (Å²) in [5.41, 5.74) is 3.44. The molecule has 25 heavy (non-hydrogen) atoms. The number of aryl methyl sites for hydroxylation is 2. The Labute approximate surface area is 154 Å². The molecule has 122 valence electrons. The lowest BCUT2D eigenvalue weighted by Crippen LogP contribution is -1.97. The molecule has 0 saturated carbocycles. The molecule has 0 aliphatic heterocycles. The molecule has 3 heteroatoms. The van der Waals surface area contributed by atoms with Gasteiger partial charge in [-0.15, -0.1) is 11.3 Å². The fraction of sp³-hybridized carbons (Fsp3) is 0.136. The Morgan fingerprint density at radius 1 is 1.04 bits per heavy atom. The predicted molar refractivity (Wildman–Crippen MR) is 108 cm³/mol. The quantitative estimate of drug-likeness (QED) is 0.362. The van der Waals surface area contributed by atoms with Crippen molar-refractivity contribution in [1.29, 1.82) is 0 Å². The highest BCUT2D eigenvalue weighted by atomic mass is 32.1. The molecule has 2 heterocycles. The summed E-state index contributed by atoms with van der Waals surface area (Å²) in [5.74, 6) is 0.886. The van der Waals surface area contributed by atoms with Crippen molar-refractivity contribution in [2.45, 2.75) is 20.3 Å². The number of thiophene rings is 1. The molecule has 0 amide bonds. The van der Waals surface area contributed by atoms with Crippen LogP contribution in [-0.2, 0) is 6.54 Å². The molecule has 0 spiro atoms. The van der Waals surface area contributed by atoms with Crippen LogP contribution in [0.3, 0.4) is 0 Å². The molecule has 0 aliphatic carbocycles. The maximum Gasteiger partial charge on any atom is 0.142 e. The number of hydrogen-bond donors (Lipinski definition) is 0. The van der Waals surface area contributed by atoms with Gasteiger partial charge in [0, 0.05) is 36.4 Å². The van der Waals surface area contributed by atoms with Gasteiger partial charge in [0.2, 0.25) is 0 Å². The van der Waals surface area contributed by atoms with Gasteiger partial charge in [-0.1, -0.05) is 36.4 Å². The number of benzene rings is 3. The summed E-state index contributed by atoms with van der Waals surface area (Å²) in [6.45, 7) is 0.741. The topological polar surface area (TPSA) is 17.8 Å². The van der Waals surface area contributed by atoms with Crippen molar-refractivity contribution in [3.8, 4) is 11.4 Å². The van der Waals surface area contributed by atoms with Crippen molar-refractivity contribution >= 4 is 42.5 Å². The van der Waals surface area contributed by atoms with Crippen LogP contribution in [0.2, 0.25) is 0 Å². The van der Waals surface area contributed by atoms with Gasteiger partial charge in [-0.2, -0.15) is 0 Å². The predicted octanol–water partition coefficient (Wildman–Crippen LogP) is 6.40. The Hall–Kier alpha value is -2.65. The van der Waals surface area contributed by atoms with Crippen LogP contribution in [0.4, 0.5) is 0 Å². The molecule has 0 aliphatic rings. The van der Waals surface area contributed by atoms with E-state index in [4.69, 9.17) is 9.10 Å². The Morgan fingerprint density at radius 3 is 2.76 bits per heavy atom. The lowest BCUT2D eigenvalue weighted by Gasteiger charge is -2.08. The SMILES string of the molecule is [2H]C([2H])([2H])c1ccc(-c2nc3ccccc3n2CC)c2sc3ccccc3c12. The highest BCUT2D eigenvalue weighted by molar-refractivity contribution is 7.26. The molecule has 0 bridgehead atoms. The van der Waals surface area contributed by atoms with Crippen LogP contribution in [0.1, 0.15) is 16.6 Å². The van der Waals surface area contributed by atoms with Crippen molar-refractivity contribution in [3.63, 3.8) is 0 Å². The molecule has 0 atom stereocenters. The van der Waals surface area contributed by atoms with E-state index in [9.17, 15) is 0 Å². The van der Waals surface area contributed by atoms with Gasteiger partial charge in [0.15, 0.2) is 0 Å². The molecular formula is C22H18N2S. The van der Waals surface area contributed by atoms with E-state index in [1.54, 1.807) is 17.4 Å².